The van der Waals surface area contributed by atoms with Crippen LogP contribution in [-0.4, -0.2) is 22.8 Å². The van der Waals surface area contributed by atoms with Gasteiger partial charge in [0.2, 0.25) is 0 Å². The molecule has 4 rings (SSSR count). The van der Waals surface area contributed by atoms with Crippen molar-refractivity contribution in [2.75, 3.05) is 7.05 Å². The van der Waals surface area contributed by atoms with Gasteiger partial charge in [-0.15, -0.1) is 0 Å². The van der Waals surface area contributed by atoms with Gasteiger partial charge in [0, 0.05) is 32.5 Å². The molecule has 4 aromatic rings. The van der Waals surface area contributed by atoms with Crippen molar-refractivity contribution < 1.29 is 0 Å². The van der Waals surface area contributed by atoms with Crippen LogP contribution < -0.4 is 10.6 Å². The molecule has 1 aromatic heterocycles. The maximum absolute atomic E-state index is 4.38. The maximum Gasteiger partial charge on any atom is 0.191 e. The number of rotatable bonds is 6. The van der Waals surface area contributed by atoms with Crippen LogP contribution in [0.5, 0.6) is 0 Å². The maximum atomic E-state index is 4.38. The second kappa shape index (κ2) is 9.06. The van der Waals surface area contributed by atoms with Crippen LogP contribution >= 0.6 is 0 Å². The lowest BCUT2D eigenvalue weighted by molar-refractivity contribution is 0.677. The van der Waals surface area contributed by atoms with E-state index in [0.717, 1.165) is 19.0 Å². The Labute approximate surface area is 171 Å². The summed E-state index contributed by atoms with van der Waals surface area (Å²) in [6.07, 6.45) is 3.79. The van der Waals surface area contributed by atoms with Crippen LogP contribution in [-0.2, 0) is 19.6 Å². The van der Waals surface area contributed by atoms with E-state index in [1.807, 2.05) is 16.9 Å². The van der Waals surface area contributed by atoms with Gasteiger partial charge in [0.1, 0.15) is 0 Å². The zero-order chi connectivity index (χ0) is 19.9. The van der Waals surface area contributed by atoms with E-state index in [9.17, 15) is 0 Å². The SMILES string of the molecule is CN=C(NCc1ccccc1Cn1cccn1)NCc1cccc2ccccc12. The number of guanidine groups is 1. The van der Waals surface area contributed by atoms with Crippen LogP contribution in [0.2, 0.25) is 0 Å². The Morgan fingerprint density at radius 2 is 1.52 bits per heavy atom. The minimum atomic E-state index is 0.701. The Hall–Kier alpha value is -3.60. The number of nitrogens with zero attached hydrogens (tertiary/aromatic N) is 3. The summed E-state index contributed by atoms with van der Waals surface area (Å²) in [6, 6.07) is 25.2. The Morgan fingerprint density at radius 3 is 2.31 bits per heavy atom. The highest BCUT2D eigenvalue weighted by atomic mass is 15.3. The number of benzene rings is 3. The Balaban J connectivity index is 1.40. The van der Waals surface area contributed by atoms with Gasteiger partial charge in [-0.05, 0) is 33.5 Å². The van der Waals surface area contributed by atoms with Crippen molar-refractivity contribution in [3.63, 3.8) is 0 Å². The van der Waals surface area contributed by atoms with Crippen LogP contribution in [0, 0.1) is 0 Å². The molecular weight excluding hydrogens is 358 g/mol. The van der Waals surface area contributed by atoms with Crippen LogP contribution in [0.3, 0.4) is 0 Å². The quantitative estimate of drug-likeness (QED) is 0.392. The first kappa shape index (κ1) is 18.7. The van der Waals surface area contributed by atoms with Gasteiger partial charge >= 0.3 is 0 Å². The third kappa shape index (κ3) is 4.63. The predicted octanol–water partition coefficient (Wildman–Crippen LogP) is 3.95. The molecule has 0 aliphatic rings. The highest BCUT2D eigenvalue weighted by molar-refractivity contribution is 5.86. The zero-order valence-corrected chi connectivity index (χ0v) is 16.5. The van der Waals surface area contributed by atoms with Crippen LogP contribution in [0.4, 0.5) is 0 Å². The number of aliphatic imine (C=N–C) groups is 1. The molecule has 1 heterocycles. The van der Waals surface area contributed by atoms with E-state index in [1.165, 1.54) is 27.5 Å². The van der Waals surface area contributed by atoms with Gasteiger partial charge in [-0.1, -0.05) is 66.7 Å². The van der Waals surface area contributed by atoms with E-state index in [4.69, 9.17) is 0 Å². The topological polar surface area (TPSA) is 54.2 Å². The molecule has 0 saturated heterocycles. The van der Waals surface area contributed by atoms with E-state index in [2.05, 4.69) is 87.5 Å². The summed E-state index contributed by atoms with van der Waals surface area (Å²) in [5.41, 5.74) is 3.73. The van der Waals surface area contributed by atoms with Crippen molar-refractivity contribution in [1.29, 1.82) is 0 Å². The summed E-state index contributed by atoms with van der Waals surface area (Å²) in [6.45, 7) is 2.18. The highest BCUT2D eigenvalue weighted by Crippen LogP contribution is 2.18. The lowest BCUT2D eigenvalue weighted by Gasteiger charge is -2.15. The lowest BCUT2D eigenvalue weighted by atomic mass is 10.0. The number of hydrogen-bond acceptors (Lipinski definition) is 2. The fourth-order valence-electron chi connectivity index (χ4n) is 3.48. The molecule has 146 valence electrons. The zero-order valence-electron chi connectivity index (χ0n) is 16.5. The summed E-state index contributed by atoms with van der Waals surface area (Å²) >= 11 is 0. The van der Waals surface area contributed by atoms with Gasteiger partial charge in [-0.2, -0.15) is 5.10 Å². The molecule has 0 aliphatic heterocycles. The molecule has 0 unspecified atom stereocenters. The van der Waals surface area contributed by atoms with Gasteiger partial charge in [-0.25, -0.2) is 0 Å². The number of nitrogens with one attached hydrogen (secondary N) is 2. The standard InChI is InChI=1S/C24H25N5/c1-25-24(27-17-21-12-6-11-19-8-4-5-13-23(19)21)26-16-20-9-2-3-10-22(20)18-29-15-7-14-28-29/h2-15H,16-18H2,1H3,(H2,25,26,27). The minimum absolute atomic E-state index is 0.701. The third-order valence-electron chi connectivity index (χ3n) is 5.01. The van der Waals surface area contributed by atoms with Crippen molar-refractivity contribution >= 4 is 16.7 Å². The summed E-state index contributed by atoms with van der Waals surface area (Å²) in [5, 5.41) is 13.7. The molecule has 5 nitrogen and oxygen atoms in total. The molecule has 5 heteroatoms. The van der Waals surface area contributed by atoms with Crippen molar-refractivity contribution in [3.05, 3.63) is 102 Å². The van der Waals surface area contributed by atoms with Crippen LogP contribution in [0.25, 0.3) is 10.8 Å². The summed E-state index contributed by atoms with van der Waals surface area (Å²) in [5.74, 6) is 0.784. The van der Waals surface area contributed by atoms with E-state index in [-0.39, 0.29) is 0 Å². The van der Waals surface area contributed by atoms with E-state index in [1.54, 1.807) is 13.2 Å². The summed E-state index contributed by atoms with van der Waals surface area (Å²) in [4.78, 5) is 4.38. The molecular formula is C24H25N5. The van der Waals surface area contributed by atoms with Gasteiger partial charge < -0.3 is 10.6 Å². The highest BCUT2D eigenvalue weighted by Gasteiger charge is 2.06. The molecule has 0 spiro atoms. The Bertz CT molecular complexity index is 1090. The largest absolute Gasteiger partial charge is 0.352 e. The number of aromatic nitrogens is 2. The second-order valence-corrected chi connectivity index (χ2v) is 6.89. The predicted molar refractivity (Wildman–Crippen MR) is 119 cm³/mol. The molecule has 0 atom stereocenters. The Kier molecular flexibility index (Phi) is 5.86. The van der Waals surface area contributed by atoms with Gasteiger partial charge in [0.25, 0.3) is 0 Å². The fourth-order valence-corrected chi connectivity index (χ4v) is 3.48. The number of fused-ring (bicyclic) bond motifs is 1. The average molecular weight is 383 g/mol. The molecule has 0 bridgehead atoms. The lowest BCUT2D eigenvalue weighted by Crippen LogP contribution is -2.36. The van der Waals surface area contributed by atoms with Crippen molar-refractivity contribution in [1.82, 2.24) is 20.4 Å². The Morgan fingerprint density at radius 1 is 0.828 bits per heavy atom. The minimum Gasteiger partial charge on any atom is -0.352 e. The van der Waals surface area contributed by atoms with Crippen LogP contribution in [0.1, 0.15) is 16.7 Å². The van der Waals surface area contributed by atoms with Crippen molar-refractivity contribution in [2.45, 2.75) is 19.6 Å². The first-order valence-corrected chi connectivity index (χ1v) is 9.79. The molecule has 3 aromatic carbocycles. The first-order chi connectivity index (χ1) is 14.3. The van der Waals surface area contributed by atoms with Crippen molar-refractivity contribution in [2.24, 2.45) is 4.99 Å². The molecule has 0 aliphatic carbocycles. The van der Waals surface area contributed by atoms with Gasteiger partial charge in [-0.3, -0.25) is 9.67 Å². The van der Waals surface area contributed by atoms with Gasteiger partial charge in [0.05, 0.1) is 6.54 Å². The summed E-state index contributed by atoms with van der Waals surface area (Å²) in [7, 11) is 1.80. The average Bonchev–Trinajstić information content (AvgIpc) is 3.28. The molecule has 2 N–H and O–H groups in total. The third-order valence-corrected chi connectivity index (χ3v) is 5.01. The van der Waals surface area contributed by atoms with Crippen LogP contribution in [0.15, 0.2) is 90.2 Å². The van der Waals surface area contributed by atoms with Crippen molar-refractivity contribution in [3.8, 4) is 0 Å². The molecule has 0 saturated carbocycles. The second-order valence-electron chi connectivity index (χ2n) is 6.89. The smallest absolute Gasteiger partial charge is 0.191 e. The van der Waals surface area contributed by atoms with E-state index >= 15 is 0 Å². The summed E-state index contributed by atoms with van der Waals surface area (Å²) < 4.78 is 1.94. The first-order valence-electron chi connectivity index (χ1n) is 9.79. The van der Waals surface area contributed by atoms with Gasteiger partial charge in [0.15, 0.2) is 5.96 Å². The fraction of sp³-hybridized carbons (Fsp3) is 0.167. The monoisotopic (exact) mass is 383 g/mol. The van der Waals surface area contributed by atoms with E-state index < -0.39 is 0 Å². The number of hydrogen-bond donors (Lipinski definition) is 2. The molecule has 0 amide bonds. The molecule has 0 radical (unpaired) electrons. The molecule has 29 heavy (non-hydrogen) atoms. The van der Waals surface area contributed by atoms with E-state index in [0.29, 0.717) is 6.54 Å². The normalized spacial score (nSPS) is 11.6. The molecule has 0 fully saturated rings.